The summed E-state index contributed by atoms with van der Waals surface area (Å²) in [5.74, 6) is 3.20. The molecule has 0 radical (unpaired) electrons. The van der Waals surface area contributed by atoms with Gasteiger partial charge in [-0.25, -0.2) is 9.97 Å². The van der Waals surface area contributed by atoms with E-state index >= 15 is 0 Å². The highest BCUT2D eigenvalue weighted by molar-refractivity contribution is 5.59. The molecule has 0 fully saturated rings. The first-order valence-corrected chi connectivity index (χ1v) is 6.62. The molecule has 0 aliphatic carbocycles. The van der Waals surface area contributed by atoms with Crippen molar-refractivity contribution in [3.8, 4) is 0 Å². The lowest BCUT2D eigenvalue weighted by molar-refractivity contribution is 0.361. The van der Waals surface area contributed by atoms with Crippen LogP contribution >= 0.6 is 0 Å². The lowest BCUT2D eigenvalue weighted by atomic mass is 10.2. The predicted octanol–water partition coefficient (Wildman–Crippen LogP) is 1.70. The number of rotatable bonds is 6. The van der Waals surface area contributed by atoms with Crippen LogP contribution in [0.1, 0.15) is 31.5 Å². The van der Waals surface area contributed by atoms with Gasteiger partial charge in [-0.2, -0.15) is 4.98 Å². The first-order valence-electron chi connectivity index (χ1n) is 6.62. The van der Waals surface area contributed by atoms with E-state index in [1.54, 1.807) is 12.4 Å². The summed E-state index contributed by atoms with van der Waals surface area (Å²) in [6.45, 7) is 4.73. The first-order chi connectivity index (χ1) is 9.58. The van der Waals surface area contributed by atoms with Gasteiger partial charge in [-0.15, -0.1) is 0 Å². The number of nitrogens with one attached hydrogen (secondary N) is 1. The van der Waals surface area contributed by atoms with Gasteiger partial charge in [-0.05, 0) is 0 Å². The fourth-order valence-corrected chi connectivity index (χ4v) is 1.68. The Hall–Kier alpha value is -2.18. The minimum absolute atomic E-state index is 0.254. The fraction of sp³-hybridized carbons (Fsp3) is 0.538. The van der Waals surface area contributed by atoms with Crippen LogP contribution in [-0.2, 0) is 6.42 Å². The molecule has 2 aromatic rings. The van der Waals surface area contributed by atoms with E-state index in [1.807, 2.05) is 32.8 Å². The second kappa shape index (κ2) is 6.31. The van der Waals surface area contributed by atoms with Gasteiger partial charge in [0, 0.05) is 45.4 Å². The highest BCUT2D eigenvalue weighted by Crippen LogP contribution is 2.17. The van der Waals surface area contributed by atoms with E-state index in [4.69, 9.17) is 4.52 Å². The van der Waals surface area contributed by atoms with Crippen LogP contribution in [0.15, 0.2) is 16.9 Å². The number of hydrogen-bond acceptors (Lipinski definition) is 7. The van der Waals surface area contributed by atoms with Gasteiger partial charge >= 0.3 is 0 Å². The van der Waals surface area contributed by atoms with Crippen molar-refractivity contribution in [2.24, 2.45) is 0 Å². The van der Waals surface area contributed by atoms with E-state index in [9.17, 15) is 0 Å². The average molecular weight is 276 g/mol. The van der Waals surface area contributed by atoms with Gasteiger partial charge in [0.05, 0.1) is 0 Å². The Morgan fingerprint density at radius 1 is 1.25 bits per heavy atom. The summed E-state index contributed by atoms with van der Waals surface area (Å²) in [6, 6.07) is 0. The standard InChI is InChI=1S/C13H20N6O/c1-9(2)13-17-10(18-20-13)5-6-14-11-12(19(3)4)16-8-7-15-11/h7-9H,5-6H2,1-4H3,(H,14,15). The van der Waals surface area contributed by atoms with Crippen molar-refractivity contribution in [1.82, 2.24) is 20.1 Å². The van der Waals surface area contributed by atoms with Crippen LogP contribution in [0.25, 0.3) is 0 Å². The quantitative estimate of drug-likeness (QED) is 0.860. The smallest absolute Gasteiger partial charge is 0.229 e. The van der Waals surface area contributed by atoms with Gasteiger partial charge < -0.3 is 14.7 Å². The highest BCUT2D eigenvalue weighted by atomic mass is 16.5. The zero-order valence-corrected chi connectivity index (χ0v) is 12.3. The van der Waals surface area contributed by atoms with Crippen LogP contribution in [0.4, 0.5) is 11.6 Å². The molecule has 0 aliphatic heterocycles. The summed E-state index contributed by atoms with van der Waals surface area (Å²) in [6.07, 6.45) is 4.02. The fourth-order valence-electron chi connectivity index (χ4n) is 1.68. The van der Waals surface area contributed by atoms with E-state index in [2.05, 4.69) is 25.4 Å². The molecule has 0 amide bonds. The summed E-state index contributed by atoms with van der Waals surface area (Å²) in [5, 5.41) is 7.20. The Morgan fingerprint density at radius 2 is 2.00 bits per heavy atom. The molecule has 20 heavy (non-hydrogen) atoms. The van der Waals surface area contributed by atoms with Crippen molar-refractivity contribution in [1.29, 1.82) is 0 Å². The normalized spacial score (nSPS) is 10.8. The van der Waals surface area contributed by atoms with Gasteiger partial charge in [0.25, 0.3) is 0 Å². The molecule has 0 aromatic carbocycles. The van der Waals surface area contributed by atoms with Gasteiger partial charge in [0.1, 0.15) is 0 Å². The number of anilines is 2. The van der Waals surface area contributed by atoms with Crippen molar-refractivity contribution in [2.45, 2.75) is 26.2 Å². The minimum Gasteiger partial charge on any atom is -0.367 e. The molecule has 2 aromatic heterocycles. The Morgan fingerprint density at radius 3 is 2.65 bits per heavy atom. The highest BCUT2D eigenvalue weighted by Gasteiger charge is 2.10. The van der Waals surface area contributed by atoms with Crippen molar-refractivity contribution in [3.63, 3.8) is 0 Å². The third-order valence-electron chi connectivity index (χ3n) is 2.72. The Balaban J connectivity index is 1.92. The van der Waals surface area contributed by atoms with Crippen LogP contribution in [0.3, 0.4) is 0 Å². The molecule has 7 nitrogen and oxygen atoms in total. The Labute approximate surface area is 118 Å². The first kappa shape index (κ1) is 14.2. The summed E-state index contributed by atoms with van der Waals surface area (Å²) < 4.78 is 5.17. The molecule has 0 unspecified atom stereocenters. The van der Waals surface area contributed by atoms with E-state index in [0.717, 1.165) is 11.6 Å². The van der Waals surface area contributed by atoms with Gasteiger partial charge in [0.2, 0.25) is 5.89 Å². The van der Waals surface area contributed by atoms with Crippen LogP contribution in [0, 0.1) is 0 Å². The molecule has 0 saturated carbocycles. The van der Waals surface area contributed by atoms with E-state index in [-0.39, 0.29) is 5.92 Å². The van der Waals surface area contributed by atoms with Crippen molar-refractivity contribution >= 4 is 11.6 Å². The van der Waals surface area contributed by atoms with E-state index in [0.29, 0.717) is 24.7 Å². The van der Waals surface area contributed by atoms with Crippen LogP contribution in [0.5, 0.6) is 0 Å². The summed E-state index contributed by atoms with van der Waals surface area (Å²) >= 11 is 0. The Kier molecular flexibility index (Phi) is 4.49. The lowest BCUT2D eigenvalue weighted by Gasteiger charge is -2.15. The van der Waals surface area contributed by atoms with Gasteiger partial charge in [-0.3, -0.25) is 0 Å². The number of aromatic nitrogens is 4. The predicted molar refractivity (Wildman–Crippen MR) is 76.9 cm³/mol. The van der Waals surface area contributed by atoms with Crippen LogP contribution < -0.4 is 10.2 Å². The van der Waals surface area contributed by atoms with E-state index in [1.165, 1.54) is 0 Å². The lowest BCUT2D eigenvalue weighted by Crippen LogP contribution is -2.16. The SMILES string of the molecule is CC(C)c1nc(CCNc2nccnc2N(C)C)no1. The maximum absolute atomic E-state index is 5.17. The summed E-state index contributed by atoms with van der Waals surface area (Å²) in [7, 11) is 3.87. The average Bonchev–Trinajstić information content (AvgIpc) is 2.88. The van der Waals surface area contributed by atoms with Crippen LogP contribution in [-0.4, -0.2) is 40.7 Å². The minimum atomic E-state index is 0.254. The number of nitrogens with zero attached hydrogens (tertiary/aromatic N) is 5. The van der Waals surface area contributed by atoms with Crippen molar-refractivity contribution in [2.75, 3.05) is 30.9 Å². The third-order valence-corrected chi connectivity index (χ3v) is 2.72. The third kappa shape index (κ3) is 3.43. The molecule has 0 saturated heterocycles. The topological polar surface area (TPSA) is 80.0 Å². The molecular weight excluding hydrogens is 256 g/mol. The monoisotopic (exact) mass is 276 g/mol. The maximum atomic E-state index is 5.17. The Bertz CT molecular complexity index is 551. The molecular formula is C13H20N6O. The zero-order chi connectivity index (χ0) is 14.5. The molecule has 7 heteroatoms. The number of hydrogen-bond donors (Lipinski definition) is 1. The zero-order valence-electron chi connectivity index (χ0n) is 12.3. The summed E-state index contributed by atoms with van der Waals surface area (Å²) in [4.78, 5) is 14.8. The second-order valence-corrected chi connectivity index (χ2v) is 5.00. The molecule has 0 aliphatic rings. The van der Waals surface area contributed by atoms with Gasteiger partial charge in [0.15, 0.2) is 17.5 Å². The van der Waals surface area contributed by atoms with Crippen molar-refractivity contribution < 1.29 is 4.52 Å². The van der Waals surface area contributed by atoms with Crippen LogP contribution in [0.2, 0.25) is 0 Å². The van der Waals surface area contributed by atoms with Gasteiger partial charge in [-0.1, -0.05) is 19.0 Å². The maximum Gasteiger partial charge on any atom is 0.229 e. The largest absolute Gasteiger partial charge is 0.367 e. The molecule has 108 valence electrons. The molecule has 0 atom stereocenters. The van der Waals surface area contributed by atoms with Crippen molar-refractivity contribution in [3.05, 3.63) is 24.1 Å². The summed E-state index contributed by atoms with van der Waals surface area (Å²) in [5.41, 5.74) is 0. The molecule has 2 heterocycles. The molecule has 2 rings (SSSR count). The molecule has 0 bridgehead atoms. The molecule has 1 N–H and O–H groups in total. The second-order valence-electron chi connectivity index (χ2n) is 5.00. The molecule has 0 spiro atoms. The van der Waals surface area contributed by atoms with E-state index < -0.39 is 0 Å².